The van der Waals surface area contributed by atoms with E-state index in [0.717, 1.165) is 18.4 Å². The van der Waals surface area contributed by atoms with Crippen molar-refractivity contribution < 1.29 is 9.18 Å². The second-order valence-electron chi connectivity index (χ2n) is 5.17. The SMILES string of the molecule is O=C(Nc1ccc(Cl)cc1F)C1(c2ccc(Cl)cc2)CC1. The van der Waals surface area contributed by atoms with E-state index < -0.39 is 11.2 Å². The van der Waals surface area contributed by atoms with Gasteiger partial charge in [0.2, 0.25) is 5.91 Å². The number of nitrogens with one attached hydrogen (secondary N) is 1. The Morgan fingerprint density at radius 3 is 2.24 bits per heavy atom. The Morgan fingerprint density at radius 1 is 1.05 bits per heavy atom. The highest BCUT2D eigenvalue weighted by molar-refractivity contribution is 6.31. The molecule has 0 spiro atoms. The van der Waals surface area contributed by atoms with Gasteiger partial charge in [0.1, 0.15) is 5.82 Å². The zero-order valence-electron chi connectivity index (χ0n) is 11.0. The number of hydrogen-bond donors (Lipinski definition) is 1. The van der Waals surface area contributed by atoms with E-state index in [-0.39, 0.29) is 11.6 Å². The Hall–Kier alpha value is -1.58. The van der Waals surface area contributed by atoms with Gasteiger partial charge in [0.15, 0.2) is 0 Å². The minimum Gasteiger partial charge on any atom is -0.323 e. The van der Waals surface area contributed by atoms with Crippen molar-refractivity contribution in [3.63, 3.8) is 0 Å². The summed E-state index contributed by atoms with van der Waals surface area (Å²) in [6.07, 6.45) is 1.49. The van der Waals surface area contributed by atoms with Crippen LogP contribution in [0, 0.1) is 5.82 Å². The second-order valence-corrected chi connectivity index (χ2v) is 6.04. The summed E-state index contributed by atoms with van der Waals surface area (Å²) >= 11 is 11.6. The smallest absolute Gasteiger partial charge is 0.235 e. The monoisotopic (exact) mass is 323 g/mol. The number of anilines is 1. The average molecular weight is 324 g/mol. The summed E-state index contributed by atoms with van der Waals surface area (Å²) in [5.74, 6) is -0.742. The van der Waals surface area contributed by atoms with Crippen LogP contribution < -0.4 is 5.32 Å². The lowest BCUT2D eigenvalue weighted by molar-refractivity contribution is -0.118. The van der Waals surface area contributed by atoms with Crippen LogP contribution in [-0.4, -0.2) is 5.91 Å². The van der Waals surface area contributed by atoms with Crippen molar-refractivity contribution >= 4 is 34.8 Å². The van der Waals surface area contributed by atoms with E-state index in [2.05, 4.69) is 5.32 Å². The van der Waals surface area contributed by atoms with Crippen molar-refractivity contribution in [2.45, 2.75) is 18.3 Å². The van der Waals surface area contributed by atoms with Gasteiger partial charge in [0.05, 0.1) is 11.1 Å². The molecule has 0 bridgehead atoms. The number of halogens is 3. The van der Waals surface area contributed by atoms with E-state index in [1.165, 1.54) is 12.1 Å². The van der Waals surface area contributed by atoms with Crippen molar-refractivity contribution in [3.05, 3.63) is 63.9 Å². The summed E-state index contributed by atoms with van der Waals surface area (Å²) in [6, 6.07) is 11.4. The lowest BCUT2D eigenvalue weighted by Crippen LogP contribution is -2.28. The van der Waals surface area contributed by atoms with Gasteiger partial charge in [0.25, 0.3) is 0 Å². The standard InChI is InChI=1S/C16H12Cl2FNO/c17-11-3-1-10(2-4-11)16(7-8-16)15(21)20-14-6-5-12(18)9-13(14)19/h1-6,9H,7-8H2,(H,20,21). The number of benzene rings is 2. The molecule has 1 amide bonds. The van der Waals surface area contributed by atoms with E-state index in [0.29, 0.717) is 10.0 Å². The minimum absolute atomic E-state index is 0.143. The first-order valence-electron chi connectivity index (χ1n) is 6.54. The minimum atomic E-state index is -0.573. The summed E-state index contributed by atoms with van der Waals surface area (Å²) in [4.78, 5) is 12.5. The van der Waals surface area contributed by atoms with Gasteiger partial charge >= 0.3 is 0 Å². The van der Waals surface area contributed by atoms with Crippen molar-refractivity contribution in [2.24, 2.45) is 0 Å². The molecule has 0 saturated heterocycles. The average Bonchev–Trinajstić information content (AvgIpc) is 3.24. The second kappa shape index (κ2) is 5.32. The van der Waals surface area contributed by atoms with Crippen LogP contribution >= 0.6 is 23.2 Å². The van der Waals surface area contributed by atoms with Crippen LogP contribution in [0.3, 0.4) is 0 Å². The van der Waals surface area contributed by atoms with Crippen LogP contribution in [0.4, 0.5) is 10.1 Å². The van der Waals surface area contributed by atoms with E-state index in [1.807, 2.05) is 12.1 Å². The summed E-state index contributed by atoms with van der Waals surface area (Å²) < 4.78 is 13.8. The predicted octanol–water partition coefficient (Wildman–Crippen LogP) is 4.80. The number of rotatable bonds is 3. The van der Waals surface area contributed by atoms with Gasteiger partial charge in [-0.3, -0.25) is 4.79 Å². The zero-order chi connectivity index (χ0) is 15.0. The fourth-order valence-electron chi connectivity index (χ4n) is 2.37. The molecule has 0 radical (unpaired) electrons. The molecule has 0 aliphatic heterocycles. The predicted molar refractivity (Wildman–Crippen MR) is 82.4 cm³/mol. The van der Waals surface area contributed by atoms with Crippen LogP contribution in [0.1, 0.15) is 18.4 Å². The molecule has 2 aromatic carbocycles. The molecule has 3 rings (SSSR count). The quantitative estimate of drug-likeness (QED) is 0.863. The molecule has 1 aliphatic carbocycles. The Bertz CT molecular complexity index is 696. The van der Waals surface area contributed by atoms with Gasteiger partial charge in [-0.05, 0) is 48.7 Å². The summed E-state index contributed by atoms with van der Waals surface area (Å²) in [5.41, 5.74) is 0.472. The largest absolute Gasteiger partial charge is 0.323 e. The van der Waals surface area contributed by atoms with E-state index in [9.17, 15) is 9.18 Å². The Kier molecular flexibility index (Phi) is 3.64. The lowest BCUT2D eigenvalue weighted by Gasteiger charge is -2.16. The molecule has 0 aromatic heterocycles. The molecule has 2 aromatic rings. The van der Waals surface area contributed by atoms with Gasteiger partial charge in [-0.2, -0.15) is 0 Å². The highest BCUT2D eigenvalue weighted by atomic mass is 35.5. The summed E-state index contributed by atoms with van der Waals surface area (Å²) in [7, 11) is 0. The third kappa shape index (κ3) is 2.76. The third-order valence-electron chi connectivity index (χ3n) is 3.76. The first kappa shape index (κ1) is 14.4. The van der Waals surface area contributed by atoms with Gasteiger partial charge in [-0.15, -0.1) is 0 Å². The number of amides is 1. The Labute approximate surface area is 131 Å². The van der Waals surface area contributed by atoms with Crippen LogP contribution in [-0.2, 0) is 10.2 Å². The maximum atomic E-state index is 13.8. The highest BCUT2D eigenvalue weighted by Crippen LogP contribution is 2.49. The van der Waals surface area contributed by atoms with Crippen molar-refractivity contribution in [1.82, 2.24) is 0 Å². The molecule has 2 nitrogen and oxygen atoms in total. The summed E-state index contributed by atoms with van der Waals surface area (Å²) in [6.45, 7) is 0. The molecule has 21 heavy (non-hydrogen) atoms. The van der Waals surface area contributed by atoms with Gasteiger partial charge < -0.3 is 5.32 Å². The Balaban J connectivity index is 1.83. The topological polar surface area (TPSA) is 29.1 Å². The van der Waals surface area contributed by atoms with E-state index >= 15 is 0 Å². The fraction of sp³-hybridized carbons (Fsp3) is 0.188. The van der Waals surface area contributed by atoms with Gasteiger partial charge in [-0.1, -0.05) is 35.3 Å². The molecule has 1 aliphatic rings. The first-order valence-corrected chi connectivity index (χ1v) is 7.29. The molecule has 1 saturated carbocycles. The molecule has 0 heterocycles. The Morgan fingerprint density at radius 2 is 1.67 bits per heavy atom. The molecule has 5 heteroatoms. The lowest BCUT2D eigenvalue weighted by atomic mass is 9.95. The van der Waals surface area contributed by atoms with Gasteiger partial charge in [0, 0.05) is 10.0 Å². The zero-order valence-corrected chi connectivity index (χ0v) is 12.5. The molecular formula is C16H12Cl2FNO. The van der Waals surface area contributed by atoms with Gasteiger partial charge in [-0.25, -0.2) is 4.39 Å². The molecule has 1 fully saturated rings. The van der Waals surface area contributed by atoms with Crippen molar-refractivity contribution in [3.8, 4) is 0 Å². The van der Waals surface area contributed by atoms with Crippen LogP contribution in [0.25, 0.3) is 0 Å². The van der Waals surface area contributed by atoms with Crippen LogP contribution in [0.2, 0.25) is 10.0 Å². The molecule has 108 valence electrons. The van der Waals surface area contributed by atoms with Crippen LogP contribution in [0.5, 0.6) is 0 Å². The van der Waals surface area contributed by atoms with E-state index in [4.69, 9.17) is 23.2 Å². The normalized spacial score (nSPS) is 15.6. The molecule has 0 atom stereocenters. The fourth-order valence-corrected chi connectivity index (χ4v) is 2.66. The number of carbonyl (C=O) groups excluding carboxylic acids is 1. The summed E-state index contributed by atoms with van der Waals surface area (Å²) in [5, 5.41) is 3.57. The number of hydrogen-bond acceptors (Lipinski definition) is 1. The third-order valence-corrected chi connectivity index (χ3v) is 4.25. The molecule has 1 N–H and O–H groups in total. The highest BCUT2D eigenvalue weighted by Gasteiger charge is 2.51. The van der Waals surface area contributed by atoms with Crippen LogP contribution in [0.15, 0.2) is 42.5 Å². The molecule has 0 unspecified atom stereocenters. The first-order chi connectivity index (χ1) is 10.0. The molecular weight excluding hydrogens is 312 g/mol. The maximum absolute atomic E-state index is 13.8. The van der Waals surface area contributed by atoms with E-state index in [1.54, 1.807) is 18.2 Å². The number of carbonyl (C=O) groups is 1. The van der Waals surface area contributed by atoms with Crippen molar-refractivity contribution in [2.75, 3.05) is 5.32 Å². The van der Waals surface area contributed by atoms with Crippen molar-refractivity contribution in [1.29, 1.82) is 0 Å². The maximum Gasteiger partial charge on any atom is 0.235 e.